The second kappa shape index (κ2) is 4.13. The van der Waals surface area contributed by atoms with Crippen LogP contribution in [0.1, 0.15) is 26.2 Å². The van der Waals surface area contributed by atoms with Crippen molar-refractivity contribution < 1.29 is 4.39 Å². The van der Waals surface area contributed by atoms with Crippen LogP contribution in [0.3, 0.4) is 0 Å². The van der Waals surface area contributed by atoms with Crippen LogP contribution in [0.2, 0.25) is 0 Å². The lowest BCUT2D eigenvalue weighted by Gasteiger charge is -2.24. The molecule has 0 saturated heterocycles. The molecule has 0 radical (unpaired) electrons. The molecule has 0 amide bonds. The predicted octanol–water partition coefficient (Wildman–Crippen LogP) is 3.32. The monoisotopic (exact) mass is 218 g/mol. The Labute approximate surface area is 95.1 Å². The fourth-order valence-electron chi connectivity index (χ4n) is 1.91. The largest absolute Gasteiger partial charge is 0.367 e. The highest BCUT2D eigenvalue weighted by atomic mass is 19.1. The zero-order chi connectivity index (χ0) is 11.6. The zero-order valence-corrected chi connectivity index (χ0v) is 9.33. The van der Waals surface area contributed by atoms with Gasteiger partial charge < -0.3 is 5.32 Å². The molecule has 0 aliphatic heterocycles. The van der Waals surface area contributed by atoms with Gasteiger partial charge in [-0.05, 0) is 37.5 Å². The van der Waals surface area contributed by atoms with E-state index < -0.39 is 5.54 Å². The van der Waals surface area contributed by atoms with Crippen molar-refractivity contribution in [3.8, 4) is 6.07 Å². The number of hydrogen-bond acceptors (Lipinski definition) is 2. The second-order valence-corrected chi connectivity index (χ2v) is 4.73. The highest BCUT2D eigenvalue weighted by Crippen LogP contribution is 2.37. The summed E-state index contributed by atoms with van der Waals surface area (Å²) in [4.78, 5) is 0. The molecule has 0 aromatic heterocycles. The third-order valence-corrected chi connectivity index (χ3v) is 2.89. The van der Waals surface area contributed by atoms with Gasteiger partial charge in [0, 0.05) is 5.69 Å². The Morgan fingerprint density at radius 2 is 2.31 bits per heavy atom. The molecule has 2 rings (SSSR count). The molecule has 1 saturated carbocycles. The molecule has 1 aliphatic carbocycles. The van der Waals surface area contributed by atoms with Crippen LogP contribution >= 0.6 is 0 Å². The van der Waals surface area contributed by atoms with Gasteiger partial charge in [0.2, 0.25) is 0 Å². The normalized spacial score (nSPS) is 18.6. The van der Waals surface area contributed by atoms with E-state index in [9.17, 15) is 9.65 Å². The summed E-state index contributed by atoms with van der Waals surface area (Å²) in [7, 11) is 0. The van der Waals surface area contributed by atoms with Gasteiger partial charge in [-0.3, -0.25) is 0 Å². The molecule has 0 heterocycles. The Morgan fingerprint density at radius 1 is 1.56 bits per heavy atom. The van der Waals surface area contributed by atoms with Crippen LogP contribution in [0, 0.1) is 23.1 Å². The minimum atomic E-state index is -0.588. The molecule has 16 heavy (non-hydrogen) atoms. The van der Waals surface area contributed by atoms with Crippen molar-refractivity contribution in [3.05, 3.63) is 30.1 Å². The fourth-order valence-corrected chi connectivity index (χ4v) is 1.91. The van der Waals surface area contributed by atoms with Crippen molar-refractivity contribution >= 4 is 5.69 Å². The molecule has 1 atom stereocenters. The molecule has 0 bridgehead atoms. The summed E-state index contributed by atoms with van der Waals surface area (Å²) >= 11 is 0. The molecule has 1 aromatic rings. The first-order valence-corrected chi connectivity index (χ1v) is 5.56. The zero-order valence-electron chi connectivity index (χ0n) is 9.33. The fraction of sp³-hybridized carbons (Fsp3) is 0.462. The van der Waals surface area contributed by atoms with Crippen molar-refractivity contribution in [3.63, 3.8) is 0 Å². The Morgan fingerprint density at radius 3 is 2.88 bits per heavy atom. The van der Waals surface area contributed by atoms with E-state index in [1.807, 2.05) is 6.92 Å². The Hall–Kier alpha value is -1.56. The molecule has 1 unspecified atom stereocenters. The standard InChI is InChI=1S/C13H15FN2/c1-13(9-15,8-10-5-6-10)16-12-4-2-3-11(14)7-12/h2-4,7,10,16H,5-6,8H2,1H3. The summed E-state index contributed by atoms with van der Waals surface area (Å²) in [5, 5.41) is 12.3. The van der Waals surface area contributed by atoms with E-state index in [1.165, 1.54) is 25.0 Å². The average molecular weight is 218 g/mol. The third-order valence-electron chi connectivity index (χ3n) is 2.89. The second-order valence-electron chi connectivity index (χ2n) is 4.73. The van der Waals surface area contributed by atoms with Crippen LogP contribution in [0.5, 0.6) is 0 Å². The van der Waals surface area contributed by atoms with Gasteiger partial charge in [0.05, 0.1) is 6.07 Å². The SMILES string of the molecule is CC(C#N)(CC1CC1)Nc1cccc(F)c1. The summed E-state index contributed by atoms with van der Waals surface area (Å²) < 4.78 is 13.0. The number of anilines is 1. The molecule has 2 nitrogen and oxygen atoms in total. The lowest BCUT2D eigenvalue weighted by Crippen LogP contribution is -2.33. The highest BCUT2D eigenvalue weighted by molar-refractivity contribution is 5.47. The predicted molar refractivity (Wildman–Crippen MR) is 61.4 cm³/mol. The quantitative estimate of drug-likeness (QED) is 0.841. The lowest BCUT2D eigenvalue weighted by molar-refractivity contribution is 0.543. The van der Waals surface area contributed by atoms with Crippen LogP contribution in [0.25, 0.3) is 0 Å². The van der Waals surface area contributed by atoms with E-state index in [0.29, 0.717) is 11.6 Å². The lowest BCUT2D eigenvalue weighted by atomic mass is 9.96. The number of nitrogens with one attached hydrogen (secondary N) is 1. The summed E-state index contributed by atoms with van der Waals surface area (Å²) in [6, 6.07) is 8.53. The van der Waals surface area contributed by atoms with Crippen LogP contribution < -0.4 is 5.32 Å². The summed E-state index contributed by atoms with van der Waals surface area (Å²) in [5.41, 5.74) is 0.0827. The highest BCUT2D eigenvalue weighted by Gasteiger charge is 2.33. The molecule has 84 valence electrons. The summed E-state index contributed by atoms with van der Waals surface area (Å²) in [6.07, 6.45) is 3.25. The van der Waals surface area contributed by atoms with E-state index in [1.54, 1.807) is 12.1 Å². The average Bonchev–Trinajstić information content (AvgIpc) is 3.01. The number of halogens is 1. The van der Waals surface area contributed by atoms with E-state index >= 15 is 0 Å². The van der Waals surface area contributed by atoms with Crippen LogP contribution in [-0.4, -0.2) is 5.54 Å². The minimum Gasteiger partial charge on any atom is -0.367 e. The van der Waals surface area contributed by atoms with Crippen molar-refractivity contribution in [1.82, 2.24) is 0 Å². The van der Waals surface area contributed by atoms with Crippen molar-refractivity contribution in [1.29, 1.82) is 5.26 Å². The van der Waals surface area contributed by atoms with Crippen molar-refractivity contribution in [2.24, 2.45) is 5.92 Å². The van der Waals surface area contributed by atoms with Gasteiger partial charge in [-0.1, -0.05) is 18.9 Å². The third kappa shape index (κ3) is 2.73. The van der Waals surface area contributed by atoms with Gasteiger partial charge >= 0.3 is 0 Å². The first-order valence-electron chi connectivity index (χ1n) is 5.56. The number of rotatable bonds is 4. The van der Waals surface area contributed by atoms with E-state index in [2.05, 4.69) is 11.4 Å². The van der Waals surface area contributed by atoms with Crippen LogP contribution in [0.15, 0.2) is 24.3 Å². The Balaban J connectivity index is 2.08. The summed E-state index contributed by atoms with van der Waals surface area (Å²) in [5.74, 6) is 0.377. The minimum absolute atomic E-state index is 0.281. The van der Waals surface area contributed by atoms with Crippen LogP contribution in [-0.2, 0) is 0 Å². The van der Waals surface area contributed by atoms with Gasteiger partial charge in [-0.2, -0.15) is 5.26 Å². The number of benzene rings is 1. The number of nitriles is 1. The molecule has 1 N–H and O–H groups in total. The van der Waals surface area contributed by atoms with Gasteiger partial charge in [0.1, 0.15) is 11.4 Å². The summed E-state index contributed by atoms with van der Waals surface area (Å²) in [6.45, 7) is 1.87. The van der Waals surface area contributed by atoms with Gasteiger partial charge in [0.25, 0.3) is 0 Å². The van der Waals surface area contributed by atoms with Gasteiger partial charge in [0.15, 0.2) is 0 Å². The molecule has 1 aliphatic rings. The number of nitrogens with zero attached hydrogens (tertiary/aromatic N) is 1. The number of hydrogen-bond donors (Lipinski definition) is 1. The maximum Gasteiger partial charge on any atom is 0.125 e. The smallest absolute Gasteiger partial charge is 0.125 e. The van der Waals surface area contributed by atoms with Gasteiger partial charge in [-0.25, -0.2) is 4.39 Å². The van der Waals surface area contributed by atoms with E-state index in [0.717, 1.165) is 6.42 Å². The van der Waals surface area contributed by atoms with Crippen molar-refractivity contribution in [2.45, 2.75) is 31.7 Å². The van der Waals surface area contributed by atoms with Gasteiger partial charge in [-0.15, -0.1) is 0 Å². The molecular formula is C13H15FN2. The Bertz CT molecular complexity index is 420. The van der Waals surface area contributed by atoms with Crippen LogP contribution in [0.4, 0.5) is 10.1 Å². The van der Waals surface area contributed by atoms with Crippen molar-refractivity contribution in [2.75, 3.05) is 5.32 Å². The molecule has 1 aromatic carbocycles. The first-order chi connectivity index (χ1) is 7.61. The molecule has 0 spiro atoms. The molecule has 1 fully saturated rings. The topological polar surface area (TPSA) is 35.8 Å². The molecule has 3 heteroatoms. The maximum atomic E-state index is 13.0. The van der Waals surface area contributed by atoms with E-state index in [-0.39, 0.29) is 5.82 Å². The maximum absolute atomic E-state index is 13.0. The first kappa shape index (κ1) is 10.9. The molecular weight excluding hydrogens is 203 g/mol. The Kier molecular flexibility index (Phi) is 2.82. The van der Waals surface area contributed by atoms with E-state index in [4.69, 9.17) is 0 Å².